The van der Waals surface area contributed by atoms with Crippen LogP contribution in [0.2, 0.25) is 0 Å². The minimum absolute atomic E-state index is 0.0215. The first-order valence-electron chi connectivity index (χ1n) is 6.24. The molecule has 2 nitrogen and oxygen atoms in total. The van der Waals surface area contributed by atoms with E-state index in [4.69, 9.17) is 0 Å². The molecule has 2 rings (SSSR count). The van der Waals surface area contributed by atoms with Crippen LogP contribution in [0.3, 0.4) is 0 Å². The summed E-state index contributed by atoms with van der Waals surface area (Å²) in [5.41, 5.74) is 1.89. The van der Waals surface area contributed by atoms with Gasteiger partial charge in [0.15, 0.2) is 11.6 Å². The molecule has 1 atom stereocenters. The van der Waals surface area contributed by atoms with E-state index in [0.29, 0.717) is 0 Å². The normalized spacial score (nSPS) is 12.4. The monoisotopic (exact) mass is 262 g/mol. The van der Waals surface area contributed by atoms with Crippen LogP contribution in [0.15, 0.2) is 42.7 Å². The number of halogens is 2. The highest BCUT2D eigenvalue weighted by molar-refractivity contribution is 5.20. The van der Waals surface area contributed by atoms with Crippen LogP contribution in [0.1, 0.15) is 24.1 Å². The Labute approximate surface area is 111 Å². The van der Waals surface area contributed by atoms with Crippen LogP contribution in [-0.4, -0.2) is 11.5 Å². The third-order valence-electron chi connectivity index (χ3n) is 3.03. The molecule has 0 radical (unpaired) electrons. The molecule has 2 aromatic rings. The molecule has 0 saturated carbocycles. The Morgan fingerprint density at radius 2 is 2.05 bits per heavy atom. The molecule has 0 aliphatic carbocycles. The lowest BCUT2D eigenvalue weighted by Crippen LogP contribution is -2.21. The summed E-state index contributed by atoms with van der Waals surface area (Å²) in [6.07, 6.45) is 4.41. The Kier molecular flexibility index (Phi) is 4.58. The number of rotatable bonds is 5. The van der Waals surface area contributed by atoms with E-state index in [-0.39, 0.29) is 6.04 Å². The minimum atomic E-state index is -0.814. The molecule has 100 valence electrons. The van der Waals surface area contributed by atoms with Gasteiger partial charge in [0.1, 0.15) is 0 Å². The Bertz CT molecular complexity index is 529. The van der Waals surface area contributed by atoms with Crippen molar-refractivity contribution in [1.82, 2.24) is 10.3 Å². The third kappa shape index (κ3) is 3.83. The maximum Gasteiger partial charge on any atom is 0.159 e. The predicted octanol–water partition coefficient (Wildman–Crippen LogP) is 3.25. The van der Waals surface area contributed by atoms with Gasteiger partial charge in [0, 0.05) is 18.4 Å². The molecule has 0 spiro atoms. The molecule has 1 aromatic carbocycles. The van der Waals surface area contributed by atoms with Gasteiger partial charge in [-0.1, -0.05) is 12.1 Å². The minimum Gasteiger partial charge on any atom is -0.310 e. The van der Waals surface area contributed by atoms with Gasteiger partial charge in [-0.25, -0.2) is 8.78 Å². The zero-order valence-corrected chi connectivity index (χ0v) is 10.7. The van der Waals surface area contributed by atoms with Crippen molar-refractivity contribution in [2.75, 3.05) is 6.54 Å². The second kappa shape index (κ2) is 6.38. The summed E-state index contributed by atoms with van der Waals surface area (Å²) in [4.78, 5) is 4.04. The second-order valence-corrected chi connectivity index (χ2v) is 4.46. The van der Waals surface area contributed by atoms with E-state index < -0.39 is 11.6 Å². The van der Waals surface area contributed by atoms with Crippen LogP contribution in [0, 0.1) is 11.6 Å². The summed E-state index contributed by atoms with van der Waals surface area (Å²) < 4.78 is 25.9. The van der Waals surface area contributed by atoms with Gasteiger partial charge < -0.3 is 5.32 Å². The van der Waals surface area contributed by atoms with Gasteiger partial charge in [-0.2, -0.15) is 0 Å². The largest absolute Gasteiger partial charge is 0.310 e. The maximum atomic E-state index is 13.1. The fourth-order valence-corrected chi connectivity index (χ4v) is 1.88. The van der Waals surface area contributed by atoms with Crippen molar-refractivity contribution in [3.8, 4) is 0 Å². The quantitative estimate of drug-likeness (QED) is 0.894. The molecule has 1 unspecified atom stereocenters. The van der Waals surface area contributed by atoms with Crippen molar-refractivity contribution >= 4 is 0 Å². The Morgan fingerprint density at radius 3 is 2.74 bits per heavy atom. The number of hydrogen-bond donors (Lipinski definition) is 1. The molecular formula is C15H16F2N2. The number of nitrogens with one attached hydrogen (secondary N) is 1. The number of benzene rings is 1. The second-order valence-electron chi connectivity index (χ2n) is 4.46. The van der Waals surface area contributed by atoms with Gasteiger partial charge in [-0.15, -0.1) is 0 Å². The topological polar surface area (TPSA) is 24.9 Å². The first kappa shape index (κ1) is 13.6. The molecule has 0 saturated heterocycles. The SMILES string of the molecule is CC(NCCc1cccnc1)c1ccc(F)c(F)c1. The number of pyridine rings is 1. The zero-order chi connectivity index (χ0) is 13.7. The van der Waals surface area contributed by atoms with Crippen molar-refractivity contribution in [3.63, 3.8) is 0 Å². The highest BCUT2D eigenvalue weighted by Gasteiger charge is 2.08. The smallest absolute Gasteiger partial charge is 0.159 e. The summed E-state index contributed by atoms with van der Waals surface area (Å²) in [7, 11) is 0. The predicted molar refractivity (Wildman–Crippen MR) is 70.7 cm³/mol. The lowest BCUT2D eigenvalue weighted by atomic mass is 10.1. The number of hydrogen-bond acceptors (Lipinski definition) is 2. The molecule has 0 aliphatic rings. The van der Waals surface area contributed by atoms with E-state index >= 15 is 0 Å². The van der Waals surface area contributed by atoms with Crippen molar-refractivity contribution in [2.45, 2.75) is 19.4 Å². The van der Waals surface area contributed by atoms with E-state index in [1.165, 1.54) is 6.07 Å². The first-order chi connectivity index (χ1) is 9.16. The Morgan fingerprint density at radius 1 is 1.21 bits per heavy atom. The molecule has 0 bridgehead atoms. The van der Waals surface area contributed by atoms with Gasteiger partial charge in [0.05, 0.1) is 0 Å². The van der Waals surface area contributed by atoms with Crippen LogP contribution in [-0.2, 0) is 6.42 Å². The Hall–Kier alpha value is -1.81. The van der Waals surface area contributed by atoms with Crippen LogP contribution < -0.4 is 5.32 Å². The number of nitrogens with zero attached hydrogens (tertiary/aromatic N) is 1. The molecule has 4 heteroatoms. The lowest BCUT2D eigenvalue weighted by Gasteiger charge is -2.14. The van der Waals surface area contributed by atoms with Crippen LogP contribution >= 0.6 is 0 Å². The highest BCUT2D eigenvalue weighted by atomic mass is 19.2. The van der Waals surface area contributed by atoms with Crippen molar-refractivity contribution < 1.29 is 8.78 Å². The maximum absolute atomic E-state index is 13.1. The summed E-state index contributed by atoms with van der Waals surface area (Å²) in [5, 5.41) is 3.28. The standard InChI is InChI=1S/C15H16F2N2/c1-11(13-4-5-14(16)15(17)9-13)19-8-6-12-3-2-7-18-10-12/h2-5,7,9-11,19H,6,8H2,1H3. The lowest BCUT2D eigenvalue weighted by molar-refractivity contribution is 0.501. The third-order valence-corrected chi connectivity index (χ3v) is 3.03. The van der Waals surface area contributed by atoms with Crippen molar-refractivity contribution in [2.24, 2.45) is 0 Å². The van der Waals surface area contributed by atoms with Crippen molar-refractivity contribution in [1.29, 1.82) is 0 Å². The van der Waals surface area contributed by atoms with E-state index in [9.17, 15) is 8.78 Å². The van der Waals surface area contributed by atoms with Gasteiger partial charge in [0.25, 0.3) is 0 Å². The summed E-state index contributed by atoms with van der Waals surface area (Å²) in [5.74, 6) is -1.62. The number of aromatic nitrogens is 1. The molecular weight excluding hydrogens is 246 g/mol. The van der Waals surface area contributed by atoms with Gasteiger partial charge in [-0.3, -0.25) is 4.98 Å². The summed E-state index contributed by atoms with van der Waals surface area (Å²) in [6.45, 7) is 2.68. The molecule has 19 heavy (non-hydrogen) atoms. The Balaban J connectivity index is 1.87. The van der Waals surface area contributed by atoms with Crippen molar-refractivity contribution in [3.05, 3.63) is 65.5 Å². The first-order valence-corrected chi connectivity index (χ1v) is 6.24. The van der Waals surface area contributed by atoms with Crippen LogP contribution in [0.5, 0.6) is 0 Å². The van der Waals surface area contributed by atoms with E-state index in [0.717, 1.165) is 30.2 Å². The molecule has 1 aromatic heterocycles. The molecule has 1 N–H and O–H groups in total. The summed E-state index contributed by atoms with van der Waals surface area (Å²) in [6, 6.07) is 7.87. The average Bonchev–Trinajstić information content (AvgIpc) is 2.43. The van der Waals surface area contributed by atoms with E-state index in [1.54, 1.807) is 12.3 Å². The van der Waals surface area contributed by atoms with Crippen LogP contribution in [0.4, 0.5) is 8.78 Å². The highest BCUT2D eigenvalue weighted by Crippen LogP contribution is 2.15. The molecule has 0 amide bonds. The van der Waals surface area contributed by atoms with Gasteiger partial charge in [-0.05, 0) is 49.2 Å². The molecule has 1 heterocycles. The fourth-order valence-electron chi connectivity index (χ4n) is 1.88. The average molecular weight is 262 g/mol. The molecule has 0 fully saturated rings. The summed E-state index contributed by atoms with van der Waals surface area (Å²) >= 11 is 0. The van der Waals surface area contributed by atoms with Gasteiger partial charge >= 0.3 is 0 Å². The van der Waals surface area contributed by atoms with E-state index in [1.807, 2.05) is 25.3 Å². The van der Waals surface area contributed by atoms with Crippen LogP contribution in [0.25, 0.3) is 0 Å². The zero-order valence-electron chi connectivity index (χ0n) is 10.7. The van der Waals surface area contributed by atoms with Gasteiger partial charge in [0.2, 0.25) is 0 Å². The van der Waals surface area contributed by atoms with E-state index in [2.05, 4.69) is 10.3 Å². The molecule has 0 aliphatic heterocycles. The fraction of sp³-hybridized carbons (Fsp3) is 0.267.